The van der Waals surface area contributed by atoms with E-state index in [0.717, 1.165) is 0 Å². The number of rotatable bonds is 6. The highest BCUT2D eigenvalue weighted by Crippen LogP contribution is 2.38. The number of methoxy groups -OCH3 is 3. The van der Waals surface area contributed by atoms with Crippen molar-refractivity contribution in [2.24, 2.45) is 0 Å². The Hall–Kier alpha value is -2.22. The van der Waals surface area contributed by atoms with Crippen molar-refractivity contribution >= 4 is 5.78 Å². The quantitative estimate of drug-likeness (QED) is 0.787. The van der Waals surface area contributed by atoms with Gasteiger partial charge in [-0.15, -0.1) is 0 Å². The highest BCUT2D eigenvalue weighted by Gasteiger charge is 2.21. The highest BCUT2D eigenvalue weighted by atomic mass is 16.5. The van der Waals surface area contributed by atoms with Crippen LogP contribution in [0.25, 0.3) is 0 Å². The Kier molecular flexibility index (Phi) is 5.19. The molecule has 0 aliphatic carbocycles. The minimum absolute atomic E-state index is 0.0524. The number of ketones is 1. The van der Waals surface area contributed by atoms with Crippen molar-refractivity contribution in [2.45, 2.75) is 19.3 Å². The van der Waals surface area contributed by atoms with E-state index >= 15 is 0 Å². The molecule has 0 saturated heterocycles. The molecule has 0 aromatic heterocycles. The standard InChI is InChI=1S/C14H17NO4/c1-9(16)5-10(8-15)11-6-13(18-3)14(19-4)7-12(11)17-2/h6-7,10H,5H2,1-4H3. The number of ether oxygens (including phenoxy) is 3. The summed E-state index contributed by atoms with van der Waals surface area (Å²) in [7, 11) is 4.54. The van der Waals surface area contributed by atoms with E-state index in [1.165, 1.54) is 28.3 Å². The molecule has 0 radical (unpaired) electrons. The molecule has 0 aliphatic rings. The smallest absolute Gasteiger partial charge is 0.164 e. The van der Waals surface area contributed by atoms with Crippen LogP contribution in [0, 0.1) is 11.3 Å². The second kappa shape index (κ2) is 6.64. The second-order valence-corrected chi connectivity index (χ2v) is 4.04. The third-order valence-corrected chi connectivity index (χ3v) is 2.76. The van der Waals surface area contributed by atoms with Gasteiger partial charge in [0.15, 0.2) is 11.5 Å². The zero-order valence-electron chi connectivity index (χ0n) is 11.5. The Morgan fingerprint density at radius 2 is 1.68 bits per heavy atom. The fourth-order valence-electron chi connectivity index (χ4n) is 1.84. The van der Waals surface area contributed by atoms with Crippen LogP contribution in [0.5, 0.6) is 17.2 Å². The van der Waals surface area contributed by atoms with Crippen molar-refractivity contribution in [1.29, 1.82) is 5.26 Å². The summed E-state index contributed by atoms with van der Waals surface area (Å²) in [5, 5.41) is 9.21. The van der Waals surface area contributed by atoms with Gasteiger partial charge in [0.1, 0.15) is 11.5 Å². The highest BCUT2D eigenvalue weighted by molar-refractivity contribution is 5.77. The summed E-state index contributed by atoms with van der Waals surface area (Å²) < 4.78 is 15.6. The van der Waals surface area contributed by atoms with Crippen LogP contribution < -0.4 is 14.2 Å². The van der Waals surface area contributed by atoms with Crippen molar-refractivity contribution in [3.8, 4) is 23.3 Å². The van der Waals surface area contributed by atoms with Gasteiger partial charge in [-0.05, 0) is 13.0 Å². The van der Waals surface area contributed by atoms with E-state index in [-0.39, 0.29) is 12.2 Å². The van der Waals surface area contributed by atoms with E-state index in [2.05, 4.69) is 6.07 Å². The van der Waals surface area contributed by atoms with E-state index in [0.29, 0.717) is 22.8 Å². The van der Waals surface area contributed by atoms with Crippen molar-refractivity contribution in [3.63, 3.8) is 0 Å². The summed E-state index contributed by atoms with van der Waals surface area (Å²) in [6.07, 6.45) is 0.141. The lowest BCUT2D eigenvalue weighted by atomic mass is 9.94. The molecule has 0 N–H and O–H groups in total. The maximum atomic E-state index is 11.2. The molecular formula is C14H17NO4. The van der Waals surface area contributed by atoms with Gasteiger partial charge in [-0.25, -0.2) is 0 Å². The van der Waals surface area contributed by atoms with Crippen LogP contribution in [0.2, 0.25) is 0 Å². The minimum atomic E-state index is -0.563. The number of Topliss-reactive ketones (excluding diaryl/α,β-unsaturated/α-hetero) is 1. The fourth-order valence-corrected chi connectivity index (χ4v) is 1.84. The maximum absolute atomic E-state index is 11.2. The molecule has 0 saturated carbocycles. The first-order chi connectivity index (χ1) is 9.07. The van der Waals surface area contributed by atoms with Gasteiger partial charge in [0, 0.05) is 18.1 Å². The van der Waals surface area contributed by atoms with Crippen LogP contribution in [0.3, 0.4) is 0 Å². The Morgan fingerprint density at radius 3 is 2.11 bits per heavy atom. The van der Waals surface area contributed by atoms with Crippen LogP contribution in [-0.4, -0.2) is 27.1 Å². The molecule has 5 heteroatoms. The Balaban J connectivity index is 3.31. The summed E-state index contributed by atoms with van der Waals surface area (Å²) in [5.41, 5.74) is 0.623. The molecule has 0 fully saturated rings. The lowest BCUT2D eigenvalue weighted by Gasteiger charge is -2.16. The first kappa shape index (κ1) is 14.8. The van der Waals surface area contributed by atoms with Crippen LogP contribution in [0.4, 0.5) is 0 Å². The number of hydrogen-bond acceptors (Lipinski definition) is 5. The molecule has 19 heavy (non-hydrogen) atoms. The van der Waals surface area contributed by atoms with Gasteiger partial charge in [-0.3, -0.25) is 4.79 Å². The number of carbonyl (C=O) groups excluding carboxylic acids is 1. The van der Waals surface area contributed by atoms with E-state index in [1.54, 1.807) is 12.1 Å². The topological polar surface area (TPSA) is 68.5 Å². The number of carbonyl (C=O) groups is 1. The normalized spacial score (nSPS) is 11.3. The summed E-state index contributed by atoms with van der Waals surface area (Å²) >= 11 is 0. The molecule has 0 amide bonds. The first-order valence-corrected chi connectivity index (χ1v) is 5.76. The third kappa shape index (κ3) is 3.38. The van der Waals surface area contributed by atoms with Crippen molar-refractivity contribution in [1.82, 2.24) is 0 Å². The maximum Gasteiger partial charge on any atom is 0.164 e. The van der Waals surface area contributed by atoms with Gasteiger partial charge in [0.05, 0.1) is 33.3 Å². The van der Waals surface area contributed by atoms with Crippen LogP contribution >= 0.6 is 0 Å². The molecule has 1 aromatic carbocycles. The molecule has 0 heterocycles. The van der Waals surface area contributed by atoms with Crippen LogP contribution in [0.15, 0.2) is 12.1 Å². The zero-order valence-corrected chi connectivity index (χ0v) is 11.5. The van der Waals surface area contributed by atoms with Gasteiger partial charge < -0.3 is 14.2 Å². The monoisotopic (exact) mass is 263 g/mol. The largest absolute Gasteiger partial charge is 0.496 e. The third-order valence-electron chi connectivity index (χ3n) is 2.76. The Bertz CT molecular complexity index is 505. The molecule has 1 atom stereocenters. The second-order valence-electron chi connectivity index (χ2n) is 4.04. The van der Waals surface area contributed by atoms with E-state index in [1.807, 2.05) is 0 Å². The number of nitrogens with zero attached hydrogens (tertiary/aromatic N) is 1. The van der Waals surface area contributed by atoms with E-state index in [4.69, 9.17) is 14.2 Å². The molecular weight excluding hydrogens is 246 g/mol. The first-order valence-electron chi connectivity index (χ1n) is 5.76. The molecule has 0 bridgehead atoms. The number of nitriles is 1. The van der Waals surface area contributed by atoms with Gasteiger partial charge in [0.2, 0.25) is 0 Å². The van der Waals surface area contributed by atoms with Crippen molar-refractivity contribution < 1.29 is 19.0 Å². The average molecular weight is 263 g/mol. The van der Waals surface area contributed by atoms with Gasteiger partial charge in [-0.1, -0.05) is 0 Å². The molecule has 1 rings (SSSR count). The van der Waals surface area contributed by atoms with E-state index in [9.17, 15) is 10.1 Å². The number of benzene rings is 1. The van der Waals surface area contributed by atoms with Crippen LogP contribution in [-0.2, 0) is 4.79 Å². The Morgan fingerprint density at radius 1 is 1.16 bits per heavy atom. The predicted octanol–water partition coefficient (Wildman–Crippen LogP) is 2.30. The molecule has 5 nitrogen and oxygen atoms in total. The lowest BCUT2D eigenvalue weighted by molar-refractivity contribution is -0.117. The zero-order chi connectivity index (χ0) is 14.4. The molecule has 1 aromatic rings. The Labute approximate surface area is 112 Å². The summed E-state index contributed by atoms with van der Waals surface area (Å²) in [6.45, 7) is 1.46. The number of hydrogen-bond donors (Lipinski definition) is 0. The predicted molar refractivity (Wildman–Crippen MR) is 69.8 cm³/mol. The SMILES string of the molecule is COc1cc(OC)c(C(C#N)CC(C)=O)cc1OC. The van der Waals surface area contributed by atoms with Crippen molar-refractivity contribution in [3.05, 3.63) is 17.7 Å². The van der Waals surface area contributed by atoms with Gasteiger partial charge >= 0.3 is 0 Å². The molecule has 1 unspecified atom stereocenters. The van der Waals surface area contributed by atoms with Gasteiger partial charge in [0.25, 0.3) is 0 Å². The van der Waals surface area contributed by atoms with Crippen LogP contribution in [0.1, 0.15) is 24.8 Å². The molecule has 102 valence electrons. The van der Waals surface area contributed by atoms with Gasteiger partial charge in [-0.2, -0.15) is 5.26 Å². The fraction of sp³-hybridized carbons (Fsp3) is 0.429. The van der Waals surface area contributed by atoms with E-state index < -0.39 is 5.92 Å². The summed E-state index contributed by atoms with van der Waals surface area (Å²) in [4.78, 5) is 11.2. The molecule has 0 spiro atoms. The average Bonchev–Trinajstić information content (AvgIpc) is 2.42. The van der Waals surface area contributed by atoms with Crippen molar-refractivity contribution in [2.75, 3.05) is 21.3 Å². The minimum Gasteiger partial charge on any atom is -0.496 e. The summed E-state index contributed by atoms with van der Waals surface area (Å²) in [5.74, 6) is 0.908. The summed E-state index contributed by atoms with van der Waals surface area (Å²) in [6, 6.07) is 5.44. The molecule has 0 aliphatic heterocycles. The lowest BCUT2D eigenvalue weighted by Crippen LogP contribution is -2.05.